The van der Waals surface area contributed by atoms with Crippen molar-refractivity contribution < 1.29 is 4.79 Å². The van der Waals surface area contributed by atoms with E-state index in [9.17, 15) is 4.79 Å². The molecule has 0 unspecified atom stereocenters. The van der Waals surface area contributed by atoms with E-state index in [0.717, 1.165) is 48.7 Å². The SMILES string of the molecule is Cc1ccc(-c2nc(-c3ccc4c(c3)CCN4)c(C(=O)N3CCN(c4ccc5ccccc5c4)CC3)[nH]2)cc1. The Kier molecular flexibility index (Phi) is 5.81. The van der Waals surface area contributed by atoms with Crippen molar-refractivity contribution in [2.24, 2.45) is 0 Å². The molecule has 2 N–H and O–H groups in total. The Hall–Kier alpha value is -4.58. The van der Waals surface area contributed by atoms with Gasteiger partial charge in [0.25, 0.3) is 5.91 Å². The van der Waals surface area contributed by atoms with Gasteiger partial charge in [-0.3, -0.25) is 4.79 Å². The van der Waals surface area contributed by atoms with E-state index < -0.39 is 0 Å². The van der Waals surface area contributed by atoms with Gasteiger partial charge in [-0.05, 0) is 53.9 Å². The molecule has 2 aliphatic heterocycles. The first-order chi connectivity index (χ1) is 19.1. The van der Waals surface area contributed by atoms with E-state index in [-0.39, 0.29) is 5.91 Å². The van der Waals surface area contributed by atoms with Crippen molar-refractivity contribution in [1.82, 2.24) is 14.9 Å². The van der Waals surface area contributed by atoms with Crippen LogP contribution in [0.15, 0.2) is 84.9 Å². The maximum absolute atomic E-state index is 14.0. The third-order valence-electron chi connectivity index (χ3n) is 8.00. The third-order valence-corrected chi connectivity index (χ3v) is 8.00. The van der Waals surface area contributed by atoms with Crippen LogP contribution in [0.3, 0.4) is 0 Å². The zero-order valence-corrected chi connectivity index (χ0v) is 22.1. The number of benzene rings is 4. The summed E-state index contributed by atoms with van der Waals surface area (Å²) in [7, 11) is 0. The summed E-state index contributed by atoms with van der Waals surface area (Å²) in [6, 6.07) is 29.7. The van der Waals surface area contributed by atoms with Crippen LogP contribution in [0.4, 0.5) is 11.4 Å². The van der Waals surface area contributed by atoms with E-state index in [2.05, 4.69) is 107 Å². The zero-order valence-electron chi connectivity index (χ0n) is 22.1. The van der Waals surface area contributed by atoms with Crippen molar-refractivity contribution in [3.8, 4) is 22.6 Å². The summed E-state index contributed by atoms with van der Waals surface area (Å²) in [4.78, 5) is 26.7. The Bertz CT molecular complexity index is 1680. The number of H-pyrrole nitrogens is 1. The minimum absolute atomic E-state index is 0.00708. The second kappa shape index (κ2) is 9.62. The van der Waals surface area contributed by atoms with E-state index in [1.54, 1.807) is 0 Å². The molecule has 3 heterocycles. The van der Waals surface area contributed by atoms with Crippen molar-refractivity contribution in [3.05, 3.63) is 102 Å². The van der Waals surface area contributed by atoms with Crippen LogP contribution < -0.4 is 10.2 Å². The summed E-state index contributed by atoms with van der Waals surface area (Å²) in [5.74, 6) is 0.731. The van der Waals surface area contributed by atoms with Crippen LogP contribution in [0.5, 0.6) is 0 Å². The number of carbonyl (C=O) groups excluding carboxylic acids is 1. The number of nitrogens with one attached hydrogen (secondary N) is 2. The average Bonchev–Trinajstić information content (AvgIpc) is 3.64. The number of amides is 1. The molecule has 0 radical (unpaired) electrons. The molecule has 0 bridgehead atoms. The molecule has 1 amide bonds. The molecule has 5 aromatic rings. The highest BCUT2D eigenvalue weighted by Crippen LogP contribution is 2.32. The minimum atomic E-state index is 0.00708. The number of piperazine rings is 1. The van der Waals surface area contributed by atoms with Crippen molar-refractivity contribution >= 4 is 28.1 Å². The summed E-state index contributed by atoms with van der Waals surface area (Å²) >= 11 is 0. The van der Waals surface area contributed by atoms with Gasteiger partial charge >= 0.3 is 0 Å². The summed E-state index contributed by atoms with van der Waals surface area (Å²) in [6.45, 7) is 5.94. The quantitative estimate of drug-likeness (QED) is 0.303. The van der Waals surface area contributed by atoms with Crippen molar-refractivity contribution in [2.75, 3.05) is 42.9 Å². The van der Waals surface area contributed by atoms with Gasteiger partial charge in [-0.25, -0.2) is 4.98 Å². The molecule has 194 valence electrons. The second-order valence-corrected chi connectivity index (χ2v) is 10.5. The van der Waals surface area contributed by atoms with Gasteiger partial charge in [-0.1, -0.05) is 66.2 Å². The van der Waals surface area contributed by atoms with E-state index >= 15 is 0 Å². The number of nitrogens with zero attached hydrogens (tertiary/aromatic N) is 3. The molecule has 1 fully saturated rings. The molecule has 0 aliphatic carbocycles. The van der Waals surface area contributed by atoms with Crippen LogP contribution in [0.25, 0.3) is 33.4 Å². The van der Waals surface area contributed by atoms with Gasteiger partial charge < -0.3 is 20.1 Å². The number of aryl methyl sites for hydroxylation is 1. The van der Waals surface area contributed by atoms with Gasteiger partial charge in [0.15, 0.2) is 0 Å². The van der Waals surface area contributed by atoms with Gasteiger partial charge in [0.1, 0.15) is 17.2 Å². The van der Waals surface area contributed by atoms with E-state index in [1.165, 1.54) is 33.3 Å². The van der Waals surface area contributed by atoms with Crippen LogP contribution in [0.1, 0.15) is 21.6 Å². The topological polar surface area (TPSA) is 64.3 Å². The molecule has 1 saturated heterocycles. The molecular formula is C33H31N5O. The molecular weight excluding hydrogens is 482 g/mol. The van der Waals surface area contributed by atoms with E-state index in [1.807, 2.05) is 4.90 Å². The van der Waals surface area contributed by atoms with Crippen LogP contribution in [-0.2, 0) is 6.42 Å². The number of hydrogen-bond donors (Lipinski definition) is 2. The molecule has 0 spiro atoms. The smallest absolute Gasteiger partial charge is 0.272 e. The second-order valence-electron chi connectivity index (χ2n) is 10.5. The highest BCUT2D eigenvalue weighted by Gasteiger charge is 2.28. The summed E-state index contributed by atoms with van der Waals surface area (Å²) in [5.41, 5.74) is 8.09. The molecule has 6 heteroatoms. The highest BCUT2D eigenvalue weighted by molar-refractivity contribution is 5.99. The number of carbonyl (C=O) groups is 1. The molecule has 6 nitrogen and oxygen atoms in total. The summed E-state index contributed by atoms with van der Waals surface area (Å²) in [6.07, 6.45) is 0.985. The lowest BCUT2D eigenvalue weighted by Gasteiger charge is -2.36. The summed E-state index contributed by atoms with van der Waals surface area (Å²) in [5, 5.41) is 5.91. The Morgan fingerprint density at radius 1 is 0.821 bits per heavy atom. The third kappa shape index (κ3) is 4.42. The molecule has 0 saturated carbocycles. The zero-order chi connectivity index (χ0) is 26.3. The van der Waals surface area contributed by atoms with Crippen molar-refractivity contribution in [3.63, 3.8) is 0 Å². The first-order valence-corrected chi connectivity index (χ1v) is 13.7. The standard InChI is InChI=1S/C33H31N5O/c1-22-6-8-24(9-7-22)32-35-30(27-11-13-29-26(20-27)14-15-34-29)31(36-32)33(39)38-18-16-37(17-19-38)28-12-10-23-4-2-3-5-25(23)21-28/h2-13,20-21,34H,14-19H2,1H3,(H,35,36). The number of hydrogen-bond acceptors (Lipinski definition) is 4. The predicted molar refractivity (Wildman–Crippen MR) is 158 cm³/mol. The number of anilines is 2. The Labute approximate surface area is 228 Å². The molecule has 2 aliphatic rings. The normalized spacial score (nSPS) is 14.9. The number of fused-ring (bicyclic) bond motifs is 2. The Morgan fingerprint density at radius 3 is 2.41 bits per heavy atom. The van der Waals surface area contributed by atoms with Crippen molar-refractivity contribution in [2.45, 2.75) is 13.3 Å². The number of aromatic nitrogens is 2. The molecule has 39 heavy (non-hydrogen) atoms. The fourth-order valence-corrected chi connectivity index (χ4v) is 5.74. The van der Waals surface area contributed by atoms with Crippen LogP contribution in [0, 0.1) is 6.92 Å². The van der Waals surface area contributed by atoms with E-state index in [0.29, 0.717) is 18.8 Å². The van der Waals surface area contributed by atoms with Gasteiger partial charge in [-0.2, -0.15) is 0 Å². The highest BCUT2D eigenvalue weighted by atomic mass is 16.2. The molecule has 7 rings (SSSR count). The maximum atomic E-state index is 14.0. The lowest BCUT2D eigenvalue weighted by Crippen LogP contribution is -2.49. The lowest BCUT2D eigenvalue weighted by atomic mass is 10.0. The fourth-order valence-electron chi connectivity index (χ4n) is 5.74. The minimum Gasteiger partial charge on any atom is -0.384 e. The maximum Gasteiger partial charge on any atom is 0.272 e. The van der Waals surface area contributed by atoms with Gasteiger partial charge in [0.05, 0.1) is 0 Å². The summed E-state index contributed by atoms with van der Waals surface area (Å²) < 4.78 is 0. The Morgan fingerprint density at radius 2 is 1.59 bits per heavy atom. The molecule has 4 aromatic carbocycles. The first-order valence-electron chi connectivity index (χ1n) is 13.7. The van der Waals surface area contributed by atoms with Crippen LogP contribution in [0.2, 0.25) is 0 Å². The average molecular weight is 514 g/mol. The van der Waals surface area contributed by atoms with Crippen LogP contribution in [-0.4, -0.2) is 53.5 Å². The lowest BCUT2D eigenvalue weighted by molar-refractivity contribution is 0.0742. The monoisotopic (exact) mass is 513 g/mol. The number of imidazole rings is 1. The fraction of sp³-hybridized carbons (Fsp3) is 0.212. The molecule has 0 atom stereocenters. The van der Waals surface area contributed by atoms with Gasteiger partial charge in [0, 0.05) is 55.2 Å². The Balaban J connectivity index is 1.17. The van der Waals surface area contributed by atoms with Crippen molar-refractivity contribution in [1.29, 1.82) is 0 Å². The number of aromatic amines is 1. The predicted octanol–water partition coefficient (Wildman–Crippen LogP) is 6.14. The van der Waals surface area contributed by atoms with Gasteiger partial charge in [0.2, 0.25) is 0 Å². The first kappa shape index (κ1) is 23.5. The molecule has 1 aromatic heterocycles. The van der Waals surface area contributed by atoms with Crippen LogP contribution >= 0.6 is 0 Å². The number of rotatable bonds is 4. The van der Waals surface area contributed by atoms with E-state index in [4.69, 9.17) is 4.98 Å². The largest absolute Gasteiger partial charge is 0.384 e. The van der Waals surface area contributed by atoms with Gasteiger partial charge in [-0.15, -0.1) is 0 Å².